The van der Waals surface area contributed by atoms with Crippen molar-refractivity contribution in [3.63, 3.8) is 0 Å². The van der Waals surface area contributed by atoms with Crippen molar-refractivity contribution in [3.05, 3.63) is 52.6 Å². The van der Waals surface area contributed by atoms with Gasteiger partial charge >= 0.3 is 0 Å². The molecule has 2 aromatic carbocycles. The van der Waals surface area contributed by atoms with Gasteiger partial charge in [0.1, 0.15) is 0 Å². The van der Waals surface area contributed by atoms with Crippen molar-refractivity contribution in [1.82, 2.24) is 0 Å². The summed E-state index contributed by atoms with van der Waals surface area (Å²) < 4.78 is 0. The largest absolute Gasteiger partial charge is 0.0702 e. The third kappa shape index (κ3) is 3.12. The fourth-order valence-electron chi connectivity index (χ4n) is 2.37. The van der Waals surface area contributed by atoms with Crippen molar-refractivity contribution in [2.45, 2.75) is 47.5 Å². The van der Waals surface area contributed by atoms with Gasteiger partial charge in [-0.2, -0.15) is 0 Å². The molecule has 0 aliphatic carbocycles. The van der Waals surface area contributed by atoms with Gasteiger partial charge in [-0.25, -0.2) is 0 Å². The summed E-state index contributed by atoms with van der Waals surface area (Å²) in [5.41, 5.74) is 5.56. The zero-order chi connectivity index (χ0) is 14.9. The van der Waals surface area contributed by atoms with Crippen LogP contribution in [0.1, 0.15) is 57.2 Å². The fraction of sp³-hybridized carbons (Fsp3) is 0.400. The molecule has 0 bridgehead atoms. The average Bonchev–Trinajstić information content (AvgIpc) is 2.38. The van der Waals surface area contributed by atoms with Crippen LogP contribution in [-0.4, -0.2) is 0 Å². The van der Waals surface area contributed by atoms with Gasteiger partial charge in [-0.05, 0) is 59.2 Å². The van der Waals surface area contributed by atoms with Crippen LogP contribution in [0, 0.1) is 12.8 Å². The SMILES string of the molecule is C/C(=C\c1cc2ccc(C(C)C)cc2cc1C)C(C)C. The first-order valence-electron chi connectivity index (χ1n) is 7.61. The highest BCUT2D eigenvalue weighted by atomic mass is 14.1. The molecule has 2 aromatic rings. The van der Waals surface area contributed by atoms with Gasteiger partial charge < -0.3 is 0 Å². The average molecular weight is 266 g/mol. The highest BCUT2D eigenvalue weighted by Gasteiger charge is 2.05. The lowest BCUT2D eigenvalue weighted by Crippen LogP contribution is -1.91. The Labute approximate surface area is 123 Å². The summed E-state index contributed by atoms with van der Waals surface area (Å²) in [5, 5.41) is 2.69. The Morgan fingerprint density at radius 3 is 2.25 bits per heavy atom. The first-order valence-corrected chi connectivity index (χ1v) is 7.61. The summed E-state index contributed by atoms with van der Waals surface area (Å²) in [7, 11) is 0. The Bertz CT molecular complexity index is 642. The maximum absolute atomic E-state index is 2.33. The van der Waals surface area contributed by atoms with E-state index in [1.165, 1.54) is 33.0 Å². The van der Waals surface area contributed by atoms with Crippen molar-refractivity contribution in [3.8, 4) is 0 Å². The van der Waals surface area contributed by atoms with Gasteiger partial charge in [0.05, 0.1) is 0 Å². The van der Waals surface area contributed by atoms with Crippen LogP contribution in [0.15, 0.2) is 35.9 Å². The number of benzene rings is 2. The molecule has 0 N–H and O–H groups in total. The Hall–Kier alpha value is -1.56. The van der Waals surface area contributed by atoms with Gasteiger partial charge in [-0.1, -0.05) is 63.6 Å². The molecule has 106 valence electrons. The molecule has 2 rings (SSSR count). The van der Waals surface area contributed by atoms with Crippen molar-refractivity contribution >= 4 is 16.8 Å². The van der Waals surface area contributed by atoms with Gasteiger partial charge in [0.15, 0.2) is 0 Å². The molecule has 0 atom stereocenters. The molecule has 0 aliphatic heterocycles. The molecular weight excluding hydrogens is 240 g/mol. The smallest absolute Gasteiger partial charge is 0.0178 e. The Kier molecular flexibility index (Phi) is 4.32. The second kappa shape index (κ2) is 5.83. The standard InChI is InChI=1S/C20H26/c1-13(2)15(5)9-19-12-18-8-7-17(14(3)4)11-20(18)10-16(19)6/h7-14H,1-6H3/b15-9+. The number of hydrogen-bond donors (Lipinski definition) is 0. The van der Waals surface area contributed by atoms with Crippen LogP contribution >= 0.6 is 0 Å². The molecule has 20 heavy (non-hydrogen) atoms. The minimum atomic E-state index is 0.586. The molecule has 0 heteroatoms. The van der Waals surface area contributed by atoms with Crippen molar-refractivity contribution in [2.75, 3.05) is 0 Å². The third-order valence-corrected chi connectivity index (χ3v) is 4.21. The summed E-state index contributed by atoms with van der Waals surface area (Å²) in [5.74, 6) is 1.19. The minimum absolute atomic E-state index is 0.586. The Morgan fingerprint density at radius 2 is 1.65 bits per heavy atom. The molecule has 0 unspecified atom stereocenters. The van der Waals surface area contributed by atoms with Crippen molar-refractivity contribution < 1.29 is 0 Å². The first-order chi connectivity index (χ1) is 9.38. The Balaban J connectivity index is 2.53. The van der Waals surface area contributed by atoms with Gasteiger partial charge in [0, 0.05) is 0 Å². The van der Waals surface area contributed by atoms with Crippen LogP contribution < -0.4 is 0 Å². The summed E-state index contributed by atoms with van der Waals surface area (Å²) >= 11 is 0. The highest BCUT2D eigenvalue weighted by molar-refractivity contribution is 5.87. The van der Waals surface area contributed by atoms with Gasteiger partial charge in [0.2, 0.25) is 0 Å². The van der Waals surface area contributed by atoms with Crippen LogP contribution in [0.25, 0.3) is 16.8 Å². The fourth-order valence-corrected chi connectivity index (χ4v) is 2.37. The van der Waals surface area contributed by atoms with E-state index in [4.69, 9.17) is 0 Å². The molecule has 0 aromatic heterocycles. The van der Waals surface area contributed by atoms with Crippen molar-refractivity contribution in [2.24, 2.45) is 5.92 Å². The summed E-state index contributed by atoms with van der Waals surface area (Å²) in [6.07, 6.45) is 2.33. The van der Waals surface area contributed by atoms with Gasteiger partial charge in [-0.3, -0.25) is 0 Å². The normalized spacial score (nSPS) is 12.7. The minimum Gasteiger partial charge on any atom is -0.0702 e. The van der Waals surface area contributed by atoms with Crippen LogP contribution in [0.4, 0.5) is 0 Å². The molecular formula is C20H26. The van der Waals surface area contributed by atoms with Crippen LogP contribution in [0.3, 0.4) is 0 Å². The number of fused-ring (bicyclic) bond motifs is 1. The maximum atomic E-state index is 2.33. The quantitative estimate of drug-likeness (QED) is 0.609. The second-order valence-electron chi connectivity index (χ2n) is 6.51. The molecule has 0 spiro atoms. The van der Waals surface area contributed by atoms with Gasteiger partial charge in [-0.15, -0.1) is 0 Å². The lowest BCUT2D eigenvalue weighted by atomic mass is 9.94. The molecule has 0 fully saturated rings. The number of aryl methyl sites for hydroxylation is 1. The van der Waals surface area contributed by atoms with Crippen LogP contribution in [-0.2, 0) is 0 Å². The van der Waals surface area contributed by atoms with E-state index in [0.29, 0.717) is 11.8 Å². The lowest BCUT2D eigenvalue weighted by molar-refractivity contribution is 0.776. The van der Waals surface area contributed by atoms with E-state index in [1.54, 1.807) is 0 Å². The predicted octanol–water partition coefficient (Wildman–Crippen LogP) is 6.33. The van der Waals surface area contributed by atoms with E-state index in [1.807, 2.05) is 0 Å². The number of hydrogen-bond acceptors (Lipinski definition) is 0. The zero-order valence-corrected chi connectivity index (χ0v) is 13.6. The molecule has 0 nitrogen and oxygen atoms in total. The van der Waals surface area contributed by atoms with E-state index in [-0.39, 0.29) is 0 Å². The van der Waals surface area contributed by atoms with E-state index in [0.717, 1.165) is 0 Å². The summed E-state index contributed by atoms with van der Waals surface area (Å²) in [6.45, 7) is 13.4. The molecule has 0 amide bonds. The summed E-state index contributed by atoms with van der Waals surface area (Å²) in [6, 6.07) is 11.5. The molecule has 0 heterocycles. The van der Waals surface area contributed by atoms with Crippen LogP contribution in [0.5, 0.6) is 0 Å². The molecule has 0 aliphatic rings. The Morgan fingerprint density at radius 1 is 0.950 bits per heavy atom. The van der Waals surface area contributed by atoms with Gasteiger partial charge in [0.25, 0.3) is 0 Å². The predicted molar refractivity (Wildman–Crippen MR) is 91.3 cm³/mol. The first kappa shape index (κ1) is 14.8. The molecule has 0 radical (unpaired) electrons. The van der Waals surface area contributed by atoms with E-state index in [9.17, 15) is 0 Å². The van der Waals surface area contributed by atoms with E-state index in [2.05, 4.69) is 78.0 Å². The van der Waals surface area contributed by atoms with Crippen molar-refractivity contribution in [1.29, 1.82) is 0 Å². The molecule has 0 saturated carbocycles. The van der Waals surface area contributed by atoms with Crippen LogP contribution in [0.2, 0.25) is 0 Å². The highest BCUT2D eigenvalue weighted by Crippen LogP contribution is 2.26. The monoisotopic (exact) mass is 266 g/mol. The number of rotatable bonds is 3. The maximum Gasteiger partial charge on any atom is -0.0178 e. The summed E-state index contributed by atoms with van der Waals surface area (Å²) in [4.78, 5) is 0. The zero-order valence-electron chi connectivity index (χ0n) is 13.6. The molecule has 0 saturated heterocycles. The third-order valence-electron chi connectivity index (χ3n) is 4.21. The lowest BCUT2D eigenvalue weighted by Gasteiger charge is -2.11. The topological polar surface area (TPSA) is 0 Å². The second-order valence-corrected chi connectivity index (χ2v) is 6.51. The number of allylic oxidation sites excluding steroid dienone is 1. The van der Waals surface area contributed by atoms with E-state index >= 15 is 0 Å². The van der Waals surface area contributed by atoms with E-state index < -0.39 is 0 Å².